The van der Waals surface area contributed by atoms with Gasteiger partial charge in [0, 0.05) is 39.3 Å². The van der Waals surface area contributed by atoms with Crippen molar-refractivity contribution in [1.29, 1.82) is 0 Å². The van der Waals surface area contributed by atoms with Gasteiger partial charge in [-0.1, -0.05) is 13.8 Å². The fourth-order valence-corrected chi connectivity index (χ4v) is 4.90. The monoisotopic (exact) mass is 486 g/mol. The smallest absolute Gasteiger partial charge is 0.191 e. The molecular formula is C17H35IN4O2S. The van der Waals surface area contributed by atoms with E-state index in [1.54, 1.807) is 0 Å². The molecule has 1 saturated carbocycles. The van der Waals surface area contributed by atoms with E-state index in [1.807, 2.05) is 7.05 Å². The van der Waals surface area contributed by atoms with Crippen molar-refractivity contribution in [2.75, 3.05) is 44.7 Å². The molecule has 0 bridgehead atoms. The largest absolute Gasteiger partial charge is 0.355 e. The molecule has 2 rings (SSSR count). The van der Waals surface area contributed by atoms with Gasteiger partial charge in [-0.15, -0.1) is 24.0 Å². The molecule has 8 heteroatoms. The zero-order valence-electron chi connectivity index (χ0n) is 15.8. The zero-order chi connectivity index (χ0) is 17.6. The van der Waals surface area contributed by atoms with Gasteiger partial charge in [0.1, 0.15) is 0 Å². The van der Waals surface area contributed by atoms with Crippen molar-refractivity contribution in [2.45, 2.75) is 45.6 Å². The minimum atomic E-state index is -2.79. The van der Waals surface area contributed by atoms with Gasteiger partial charge in [0.2, 0.25) is 0 Å². The van der Waals surface area contributed by atoms with Gasteiger partial charge in [-0.3, -0.25) is 9.89 Å². The average Bonchev–Trinajstić information content (AvgIpc) is 2.56. The molecule has 6 nitrogen and oxygen atoms in total. The van der Waals surface area contributed by atoms with Gasteiger partial charge < -0.3 is 10.6 Å². The molecular weight excluding hydrogens is 451 g/mol. The van der Waals surface area contributed by atoms with E-state index >= 15 is 0 Å². The number of nitrogens with zero attached hydrogens (tertiary/aromatic N) is 2. The van der Waals surface area contributed by atoms with Crippen LogP contribution >= 0.6 is 24.0 Å². The number of guanidine groups is 1. The molecule has 1 heterocycles. The summed E-state index contributed by atoms with van der Waals surface area (Å²) in [5.74, 6) is 3.11. The number of sulfone groups is 1. The predicted octanol–water partition coefficient (Wildman–Crippen LogP) is 1.71. The first-order valence-electron chi connectivity index (χ1n) is 9.29. The molecule has 2 N–H and O–H groups in total. The van der Waals surface area contributed by atoms with E-state index in [0.717, 1.165) is 30.9 Å². The van der Waals surface area contributed by atoms with Crippen molar-refractivity contribution in [1.82, 2.24) is 15.5 Å². The summed E-state index contributed by atoms with van der Waals surface area (Å²) in [6.45, 7) is 7.59. The third-order valence-corrected chi connectivity index (χ3v) is 7.05. The summed E-state index contributed by atoms with van der Waals surface area (Å²) in [6.07, 6.45) is 5.03. The lowest BCUT2D eigenvalue weighted by Crippen LogP contribution is -2.48. The summed E-state index contributed by atoms with van der Waals surface area (Å²) in [5, 5.41) is 6.91. The van der Waals surface area contributed by atoms with Crippen LogP contribution in [0.15, 0.2) is 4.99 Å². The summed E-state index contributed by atoms with van der Waals surface area (Å²) in [5.41, 5.74) is 0. The summed E-state index contributed by atoms with van der Waals surface area (Å²) in [7, 11) is -0.982. The van der Waals surface area contributed by atoms with Gasteiger partial charge in [-0.05, 0) is 37.5 Å². The maximum absolute atomic E-state index is 11.4. The Hall–Kier alpha value is -0.0900. The Morgan fingerprint density at radius 3 is 2.28 bits per heavy atom. The fraction of sp³-hybridized carbons (Fsp3) is 0.941. The Kier molecular flexibility index (Phi) is 10.0. The molecule has 0 atom stereocenters. The van der Waals surface area contributed by atoms with Crippen LogP contribution in [0.5, 0.6) is 0 Å². The second kappa shape index (κ2) is 10.9. The van der Waals surface area contributed by atoms with Crippen molar-refractivity contribution in [3.8, 4) is 0 Å². The van der Waals surface area contributed by atoms with Crippen molar-refractivity contribution in [3.63, 3.8) is 0 Å². The molecule has 0 spiro atoms. The van der Waals surface area contributed by atoms with Crippen molar-refractivity contribution >= 4 is 39.8 Å². The summed E-state index contributed by atoms with van der Waals surface area (Å²) in [6, 6.07) is 0.520. The van der Waals surface area contributed by atoms with Crippen molar-refractivity contribution in [3.05, 3.63) is 0 Å². The Morgan fingerprint density at radius 1 is 1.16 bits per heavy atom. The van der Waals surface area contributed by atoms with Crippen LogP contribution in [-0.4, -0.2) is 70.1 Å². The molecule has 0 aromatic carbocycles. The maximum atomic E-state index is 11.4. The Bertz CT molecular complexity index is 503. The third kappa shape index (κ3) is 7.99. The molecule has 1 aliphatic heterocycles. The van der Waals surface area contributed by atoms with Gasteiger partial charge in [0.05, 0.1) is 11.5 Å². The van der Waals surface area contributed by atoms with E-state index < -0.39 is 9.84 Å². The van der Waals surface area contributed by atoms with Crippen LogP contribution in [-0.2, 0) is 9.84 Å². The lowest BCUT2D eigenvalue weighted by molar-refractivity contribution is 0.249. The molecule has 1 aliphatic carbocycles. The fourth-order valence-electron chi connectivity index (χ4n) is 3.62. The number of hydrogen-bond donors (Lipinski definition) is 2. The van der Waals surface area contributed by atoms with Crippen molar-refractivity contribution < 1.29 is 8.42 Å². The number of rotatable bonds is 5. The van der Waals surface area contributed by atoms with Gasteiger partial charge in [0.15, 0.2) is 15.8 Å². The van der Waals surface area contributed by atoms with Crippen LogP contribution in [0.3, 0.4) is 0 Å². The standard InChI is InChI=1S/C17H34N4O2S.HI/c1-14(2)15-4-6-16(7-5-15)20-17(18-3)19-8-9-21-10-12-24(22,23)13-11-21;/h14-16H,4-13H2,1-3H3,(H2,18,19,20);1H. The first-order valence-corrected chi connectivity index (χ1v) is 11.1. The second-order valence-electron chi connectivity index (χ2n) is 7.49. The third-order valence-electron chi connectivity index (χ3n) is 5.44. The van der Waals surface area contributed by atoms with Crippen LogP contribution < -0.4 is 10.6 Å². The number of aliphatic imine (C=N–C) groups is 1. The zero-order valence-corrected chi connectivity index (χ0v) is 19.0. The van der Waals surface area contributed by atoms with E-state index in [0.29, 0.717) is 30.6 Å². The molecule has 0 aromatic heterocycles. The Balaban J connectivity index is 0.00000312. The number of hydrogen-bond acceptors (Lipinski definition) is 4. The summed E-state index contributed by atoms with van der Waals surface area (Å²) in [4.78, 5) is 6.53. The molecule has 0 unspecified atom stereocenters. The first kappa shape index (κ1) is 23.0. The van der Waals surface area contributed by atoms with E-state index in [-0.39, 0.29) is 24.0 Å². The summed E-state index contributed by atoms with van der Waals surface area (Å²) >= 11 is 0. The van der Waals surface area contributed by atoms with E-state index in [1.165, 1.54) is 25.7 Å². The van der Waals surface area contributed by atoms with Crippen LogP contribution in [0.2, 0.25) is 0 Å². The molecule has 25 heavy (non-hydrogen) atoms. The van der Waals surface area contributed by atoms with E-state index in [9.17, 15) is 8.42 Å². The molecule has 0 aromatic rings. The Morgan fingerprint density at radius 2 is 1.76 bits per heavy atom. The number of halogens is 1. The molecule has 2 aliphatic rings. The lowest BCUT2D eigenvalue weighted by Gasteiger charge is -2.32. The Labute approximate surface area is 170 Å². The minimum Gasteiger partial charge on any atom is -0.355 e. The van der Waals surface area contributed by atoms with Crippen LogP contribution in [0.4, 0.5) is 0 Å². The minimum absolute atomic E-state index is 0. The van der Waals surface area contributed by atoms with E-state index in [2.05, 4.69) is 34.4 Å². The number of nitrogens with one attached hydrogen (secondary N) is 2. The predicted molar refractivity (Wildman–Crippen MR) is 116 cm³/mol. The second-order valence-corrected chi connectivity index (χ2v) is 9.80. The van der Waals surface area contributed by atoms with Crippen LogP contribution in [0.25, 0.3) is 0 Å². The SMILES string of the molecule is CN=C(NCCN1CCS(=O)(=O)CC1)NC1CCC(C(C)C)CC1.I. The van der Waals surface area contributed by atoms with Gasteiger partial charge in [0.25, 0.3) is 0 Å². The molecule has 2 fully saturated rings. The molecule has 0 amide bonds. The molecule has 1 saturated heterocycles. The highest BCUT2D eigenvalue weighted by Crippen LogP contribution is 2.29. The lowest BCUT2D eigenvalue weighted by atomic mass is 9.80. The molecule has 148 valence electrons. The highest BCUT2D eigenvalue weighted by atomic mass is 127. The maximum Gasteiger partial charge on any atom is 0.191 e. The normalized spacial score (nSPS) is 27.6. The highest BCUT2D eigenvalue weighted by molar-refractivity contribution is 14.0. The van der Waals surface area contributed by atoms with Gasteiger partial charge >= 0.3 is 0 Å². The van der Waals surface area contributed by atoms with Gasteiger partial charge in [-0.2, -0.15) is 0 Å². The van der Waals surface area contributed by atoms with Crippen LogP contribution in [0.1, 0.15) is 39.5 Å². The van der Waals surface area contributed by atoms with E-state index in [4.69, 9.17) is 0 Å². The quantitative estimate of drug-likeness (QED) is 0.352. The highest BCUT2D eigenvalue weighted by Gasteiger charge is 2.24. The topological polar surface area (TPSA) is 73.8 Å². The first-order chi connectivity index (χ1) is 11.4. The summed E-state index contributed by atoms with van der Waals surface area (Å²) < 4.78 is 22.9. The van der Waals surface area contributed by atoms with Gasteiger partial charge in [-0.25, -0.2) is 8.42 Å². The average molecular weight is 486 g/mol. The molecule has 0 radical (unpaired) electrons. The van der Waals surface area contributed by atoms with Crippen molar-refractivity contribution in [2.24, 2.45) is 16.8 Å². The van der Waals surface area contributed by atoms with Crippen LogP contribution in [0, 0.1) is 11.8 Å².